The highest BCUT2D eigenvalue weighted by molar-refractivity contribution is 5.86. The monoisotopic (exact) mass is 337 g/mol. The number of esters is 1. The maximum atomic E-state index is 11.7. The van der Waals surface area contributed by atoms with Gasteiger partial charge in [0.15, 0.2) is 11.6 Å². The molecule has 1 aliphatic rings. The molecule has 1 atom stereocenters. The number of carbonyl (C=O) groups excluding carboxylic acids is 1. The van der Waals surface area contributed by atoms with Crippen LogP contribution in [0.2, 0.25) is 0 Å². The van der Waals surface area contributed by atoms with E-state index in [4.69, 9.17) is 14.3 Å². The third-order valence-electron chi connectivity index (χ3n) is 4.67. The standard InChI is InChI=1S/C18H27NO5/c1-2-23-18(22)15-12-24-17(19-15)14(11-16(20)21)10-6-9-13-7-4-3-5-8-13/h12-14H,2-11H2,1H3,(H,20,21). The Labute approximate surface area is 142 Å². The van der Waals surface area contributed by atoms with Gasteiger partial charge >= 0.3 is 11.9 Å². The zero-order valence-electron chi connectivity index (χ0n) is 14.3. The van der Waals surface area contributed by atoms with E-state index in [2.05, 4.69) is 4.98 Å². The number of rotatable bonds is 9. The smallest absolute Gasteiger partial charge is 0.360 e. The molecule has 1 aliphatic carbocycles. The molecular formula is C18H27NO5. The number of hydrogen-bond acceptors (Lipinski definition) is 5. The van der Waals surface area contributed by atoms with E-state index in [1.54, 1.807) is 6.92 Å². The van der Waals surface area contributed by atoms with Crippen molar-refractivity contribution in [2.45, 2.75) is 70.6 Å². The third-order valence-corrected chi connectivity index (χ3v) is 4.67. The van der Waals surface area contributed by atoms with Crippen molar-refractivity contribution in [2.24, 2.45) is 5.92 Å². The van der Waals surface area contributed by atoms with Crippen molar-refractivity contribution in [3.8, 4) is 0 Å². The van der Waals surface area contributed by atoms with Gasteiger partial charge in [-0.15, -0.1) is 0 Å². The van der Waals surface area contributed by atoms with Gasteiger partial charge in [0.05, 0.1) is 13.0 Å². The van der Waals surface area contributed by atoms with Crippen LogP contribution in [0.15, 0.2) is 10.7 Å². The molecule has 0 aromatic carbocycles. The fraction of sp³-hybridized carbons (Fsp3) is 0.722. The number of carboxylic acid groups (broad SMARTS) is 1. The van der Waals surface area contributed by atoms with Crippen LogP contribution in [0.3, 0.4) is 0 Å². The molecule has 1 heterocycles. The first kappa shape index (κ1) is 18.5. The molecule has 1 aromatic rings. The average Bonchev–Trinajstić information content (AvgIpc) is 3.05. The summed E-state index contributed by atoms with van der Waals surface area (Å²) in [4.78, 5) is 26.9. The molecule has 0 amide bonds. The van der Waals surface area contributed by atoms with Crippen LogP contribution in [0.4, 0.5) is 0 Å². The predicted octanol–water partition coefficient (Wildman–Crippen LogP) is 4.16. The Bertz CT molecular complexity index is 533. The van der Waals surface area contributed by atoms with E-state index in [1.807, 2.05) is 0 Å². The van der Waals surface area contributed by atoms with E-state index in [1.165, 1.54) is 38.4 Å². The van der Waals surface area contributed by atoms with Crippen LogP contribution >= 0.6 is 0 Å². The van der Waals surface area contributed by atoms with Gasteiger partial charge in [0.1, 0.15) is 6.26 Å². The van der Waals surface area contributed by atoms with Gasteiger partial charge in [0, 0.05) is 5.92 Å². The molecule has 1 N–H and O–H groups in total. The van der Waals surface area contributed by atoms with Crippen molar-refractivity contribution < 1.29 is 23.8 Å². The van der Waals surface area contributed by atoms with E-state index in [-0.39, 0.29) is 24.6 Å². The normalized spacial score (nSPS) is 16.7. The second kappa shape index (κ2) is 9.45. The minimum absolute atomic E-state index is 0.0343. The Kier molecular flexibility index (Phi) is 7.28. The third kappa shape index (κ3) is 5.65. The molecule has 0 bridgehead atoms. The van der Waals surface area contributed by atoms with Crippen molar-refractivity contribution in [3.05, 3.63) is 17.8 Å². The van der Waals surface area contributed by atoms with Crippen LogP contribution in [0.1, 0.15) is 87.0 Å². The largest absolute Gasteiger partial charge is 0.481 e. The zero-order valence-corrected chi connectivity index (χ0v) is 14.3. The molecule has 134 valence electrons. The molecule has 1 unspecified atom stereocenters. The van der Waals surface area contributed by atoms with Crippen LogP contribution in [-0.2, 0) is 9.53 Å². The fourth-order valence-electron chi connectivity index (χ4n) is 3.43. The van der Waals surface area contributed by atoms with Crippen LogP contribution in [-0.4, -0.2) is 28.6 Å². The molecule has 0 aliphatic heterocycles. The van der Waals surface area contributed by atoms with Gasteiger partial charge in [0.25, 0.3) is 0 Å². The number of aromatic nitrogens is 1. The van der Waals surface area contributed by atoms with Gasteiger partial charge in [-0.05, 0) is 19.3 Å². The van der Waals surface area contributed by atoms with Crippen LogP contribution < -0.4 is 0 Å². The van der Waals surface area contributed by atoms with E-state index >= 15 is 0 Å². The number of carbonyl (C=O) groups is 2. The SMILES string of the molecule is CCOC(=O)c1coc(C(CCCC2CCCCC2)CC(=O)O)n1. The molecule has 0 spiro atoms. The van der Waals surface area contributed by atoms with Crippen molar-refractivity contribution in [3.63, 3.8) is 0 Å². The minimum atomic E-state index is -0.881. The molecule has 24 heavy (non-hydrogen) atoms. The number of ether oxygens (including phenoxy) is 1. The Balaban J connectivity index is 1.91. The molecule has 0 saturated heterocycles. The summed E-state index contributed by atoms with van der Waals surface area (Å²) in [6.45, 7) is 1.98. The lowest BCUT2D eigenvalue weighted by molar-refractivity contribution is -0.137. The summed E-state index contributed by atoms with van der Waals surface area (Å²) in [6.07, 6.45) is 10.6. The predicted molar refractivity (Wildman–Crippen MR) is 87.9 cm³/mol. The summed E-state index contributed by atoms with van der Waals surface area (Å²) in [7, 11) is 0. The number of oxazole rings is 1. The van der Waals surface area contributed by atoms with Gasteiger partial charge in [-0.25, -0.2) is 9.78 Å². The van der Waals surface area contributed by atoms with Gasteiger partial charge in [-0.3, -0.25) is 4.79 Å². The van der Waals surface area contributed by atoms with Crippen LogP contribution in [0.5, 0.6) is 0 Å². The summed E-state index contributed by atoms with van der Waals surface area (Å²) in [5, 5.41) is 9.13. The van der Waals surface area contributed by atoms with Crippen molar-refractivity contribution >= 4 is 11.9 Å². The van der Waals surface area contributed by atoms with E-state index in [0.717, 1.165) is 18.8 Å². The Hall–Kier alpha value is -1.85. The summed E-state index contributed by atoms with van der Waals surface area (Å²) >= 11 is 0. The second-order valence-corrected chi connectivity index (χ2v) is 6.52. The van der Waals surface area contributed by atoms with E-state index < -0.39 is 11.9 Å². The van der Waals surface area contributed by atoms with Crippen molar-refractivity contribution in [1.82, 2.24) is 4.98 Å². The Morgan fingerprint density at radius 2 is 2.12 bits per heavy atom. The quantitative estimate of drug-likeness (QED) is 0.681. The summed E-state index contributed by atoms with van der Waals surface area (Å²) < 4.78 is 10.2. The lowest BCUT2D eigenvalue weighted by atomic mass is 9.84. The van der Waals surface area contributed by atoms with Gasteiger partial charge < -0.3 is 14.3 Å². The van der Waals surface area contributed by atoms with Gasteiger partial charge in [0.2, 0.25) is 0 Å². The van der Waals surface area contributed by atoms with Crippen LogP contribution in [0.25, 0.3) is 0 Å². The topological polar surface area (TPSA) is 89.6 Å². The highest BCUT2D eigenvalue weighted by Crippen LogP contribution is 2.31. The summed E-state index contributed by atoms with van der Waals surface area (Å²) in [5.41, 5.74) is 0.106. The number of nitrogens with zero attached hydrogens (tertiary/aromatic N) is 1. The molecule has 0 radical (unpaired) electrons. The molecule has 2 rings (SSSR count). The summed E-state index contributed by atoms with van der Waals surface area (Å²) in [6, 6.07) is 0. The zero-order chi connectivity index (χ0) is 17.4. The second-order valence-electron chi connectivity index (χ2n) is 6.52. The van der Waals surface area contributed by atoms with Gasteiger partial charge in [-0.1, -0.05) is 44.9 Å². The number of hydrogen-bond donors (Lipinski definition) is 1. The Morgan fingerprint density at radius 1 is 1.38 bits per heavy atom. The molecule has 1 aromatic heterocycles. The Morgan fingerprint density at radius 3 is 2.79 bits per heavy atom. The maximum Gasteiger partial charge on any atom is 0.360 e. The lowest BCUT2D eigenvalue weighted by Crippen LogP contribution is -2.10. The number of carboxylic acids is 1. The van der Waals surface area contributed by atoms with E-state index in [0.29, 0.717) is 12.3 Å². The first-order chi connectivity index (χ1) is 11.6. The highest BCUT2D eigenvalue weighted by Gasteiger charge is 2.23. The highest BCUT2D eigenvalue weighted by atomic mass is 16.5. The first-order valence-electron chi connectivity index (χ1n) is 8.94. The minimum Gasteiger partial charge on any atom is -0.481 e. The number of aliphatic carboxylic acids is 1. The first-order valence-corrected chi connectivity index (χ1v) is 8.94. The van der Waals surface area contributed by atoms with Crippen molar-refractivity contribution in [1.29, 1.82) is 0 Å². The molecule has 1 fully saturated rings. The molecule has 1 saturated carbocycles. The summed E-state index contributed by atoms with van der Waals surface area (Å²) in [5.74, 6) is -0.625. The molecule has 6 nitrogen and oxygen atoms in total. The maximum absolute atomic E-state index is 11.7. The fourth-order valence-corrected chi connectivity index (χ4v) is 3.43. The van der Waals surface area contributed by atoms with Crippen LogP contribution in [0, 0.1) is 5.92 Å². The average molecular weight is 337 g/mol. The lowest BCUT2D eigenvalue weighted by Gasteiger charge is -2.22. The molecule has 6 heteroatoms. The molecular weight excluding hydrogens is 310 g/mol. The van der Waals surface area contributed by atoms with E-state index in [9.17, 15) is 9.59 Å². The van der Waals surface area contributed by atoms with Crippen molar-refractivity contribution in [2.75, 3.05) is 6.61 Å². The van der Waals surface area contributed by atoms with Gasteiger partial charge in [-0.2, -0.15) is 0 Å².